The lowest BCUT2D eigenvalue weighted by atomic mass is 9.98. The van der Waals surface area contributed by atoms with Gasteiger partial charge in [-0.05, 0) is 37.1 Å². The molecule has 1 heterocycles. The number of hydrogen-bond donors (Lipinski definition) is 1. The molecule has 0 bridgehead atoms. The van der Waals surface area contributed by atoms with Gasteiger partial charge in [-0.15, -0.1) is 0 Å². The Kier molecular flexibility index (Phi) is 3.67. The molecular weight excluding hydrogens is 316 g/mol. The molecule has 2 aromatic rings. The molecule has 0 aliphatic heterocycles. The third-order valence-electron chi connectivity index (χ3n) is 3.39. The normalized spacial score (nSPS) is 13.9. The van der Waals surface area contributed by atoms with Gasteiger partial charge in [0.2, 0.25) is 0 Å². The molecule has 122 valence electrons. The first-order valence-electron chi connectivity index (χ1n) is 6.07. The average Bonchev–Trinajstić information content (AvgIpc) is 2.68. The van der Waals surface area contributed by atoms with Gasteiger partial charge in [-0.1, -0.05) is 0 Å². The Hall–Kier alpha value is -1.77. The molecule has 0 aliphatic carbocycles. The van der Waals surface area contributed by atoms with Crippen LogP contribution >= 0.6 is 0 Å². The third kappa shape index (κ3) is 2.65. The van der Waals surface area contributed by atoms with Crippen LogP contribution in [0.1, 0.15) is 17.0 Å². The van der Waals surface area contributed by atoms with Crippen LogP contribution in [0.4, 0.5) is 26.3 Å². The van der Waals surface area contributed by atoms with Crippen molar-refractivity contribution in [2.75, 3.05) is 0 Å². The van der Waals surface area contributed by atoms with Gasteiger partial charge in [0.25, 0.3) is 5.60 Å². The zero-order valence-corrected chi connectivity index (χ0v) is 11.4. The Bertz CT molecular complexity index is 648. The van der Waals surface area contributed by atoms with Crippen LogP contribution in [0.3, 0.4) is 0 Å². The molecule has 0 aliphatic rings. The molecule has 2 rings (SSSR count). The molecule has 1 aromatic heterocycles. The van der Waals surface area contributed by atoms with E-state index in [1.54, 1.807) is 13.8 Å². The van der Waals surface area contributed by atoms with E-state index in [1.165, 1.54) is 12.1 Å². The minimum atomic E-state index is -5.91. The molecule has 22 heavy (non-hydrogen) atoms. The molecule has 0 unspecified atom stereocenters. The maximum absolute atomic E-state index is 12.6. The molecule has 0 spiro atoms. The van der Waals surface area contributed by atoms with E-state index in [1.807, 2.05) is 0 Å². The lowest BCUT2D eigenvalue weighted by molar-refractivity contribution is -0.368. The van der Waals surface area contributed by atoms with Crippen molar-refractivity contribution in [1.82, 2.24) is 4.98 Å². The fourth-order valence-corrected chi connectivity index (χ4v) is 1.88. The molecule has 0 amide bonds. The first kappa shape index (κ1) is 16.6. The van der Waals surface area contributed by atoms with Gasteiger partial charge < -0.3 is 9.52 Å². The van der Waals surface area contributed by atoms with Gasteiger partial charge >= 0.3 is 12.4 Å². The van der Waals surface area contributed by atoms with Crippen LogP contribution in [-0.2, 0) is 6.42 Å². The zero-order chi connectivity index (χ0) is 16.9. The van der Waals surface area contributed by atoms with Crippen LogP contribution < -0.4 is 0 Å². The predicted octanol–water partition coefficient (Wildman–Crippen LogP) is 3.84. The van der Waals surface area contributed by atoms with Gasteiger partial charge in [0.1, 0.15) is 5.52 Å². The number of halogens is 6. The van der Waals surface area contributed by atoms with Gasteiger partial charge in [0.05, 0.1) is 6.42 Å². The summed E-state index contributed by atoms with van der Waals surface area (Å²) in [4.78, 5) is 3.60. The van der Waals surface area contributed by atoms with Crippen molar-refractivity contribution in [3.63, 3.8) is 0 Å². The topological polar surface area (TPSA) is 46.3 Å². The largest absolute Gasteiger partial charge is 0.441 e. The number of hydrogen-bond acceptors (Lipinski definition) is 3. The molecule has 0 fully saturated rings. The highest BCUT2D eigenvalue weighted by molar-refractivity contribution is 5.74. The van der Waals surface area contributed by atoms with E-state index in [0.29, 0.717) is 0 Å². The minimum Gasteiger partial charge on any atom is -0.441 e. The van der Waals surface area contributed by atoms with Crippen molar-refractivity contribution in [3.8, 4) is 0 Å². The van der Waals surface area contributed by atoms with Crippen molar-refractivity contribution in [2.24, 2.45) is 0 Å². The quantitative estimate of drug-likeness (QED) is 0.853. The van der Waals surface area contributed by atoms with Crippen LogP contribution in [0, 0.1) is 13.8 Å². The summed E-state index contributed by atoms with van der Waals surface area (Å²) in [5, 5.41) is 9.12. The number of nitrogens with zero attached hydrogens (tertiary/aromatic N) is 1. The molecule has 0 atom stereocenters. The summed E-state index contributed by atoms with van der Waals surface area (Å²) in [6.45, 7) is 3.42. The van der Waals surface area contributed by atoms with E-state index in [0.717, 1.165) is 11.1 Å². The third-order valence-corrected chi connectivity index (χ3v) is 3.39. The summed E-state index contributed by atoms with van der Waals surface area (Å²) in [6.07, 6.45) is -13.7. The SMILES string of the molecule is Cc1cc2nc(CC(O)(C(F)(F)F)C(F)(F)F)oc2cc1C. The molecule has 1 N–H and O–H groups in total. The standard InChI is InChI=1S/C13H11F6NO2/c1-6-3-8-9(4-7(6)2)22-10(20-8)5-11(21,12(14,15)16)13(17,18)19/h3-4,21H,5H2,1-2H3. The Morgan fingerprint density at radius 1 is 1.00 bits per heavy atom. The number of aryl methyl sites for hydroxylation is 2. The fourth-order valence-electron chi connectivity index (χ4n) is 1.88. The monoisotopic (exact) mass is 327 g/mol. The Morgan fingerprint density at radius 2 is 1.50 bits per heavy atom. The van der Waals surface area contributed by atoms with E-state index in [9.17, 15) is 26.3 Å². The number of alkyl halides is 6. The second-order valence-corrected chi connectivity index (χ2v) is 5.04. The summed E-state index contributed by atoms with van der Waals surface area (Å²) in [6, 6.07) is 2.94. The lowest BCUT2D eigenvalue weighted by Crippen LogP contribution is -2.58. The molecule has 3 nitrogen and oxygen atoms in total. The van der Waals surface area contributed by atoms with Crippen molar-refractivity contribution in [2.45, 2.75) is 38.2 Å². The molecule has 0 saturated carbocycles. The van der Waals surface area contributed by atoms with Gasteiger partial charge in [0.15, 0.2) is 11.5 Å². The highest BCUT2D eigenvalue weighted by Gasteiger charge is 2.70. The predicted molar refractivity (Wildman–Crippen MR) is 64.2 cm³/mol. The maximum Gasteiger partial charge on any atom is 0.426 e. The van der Waals surface area contributed by atoms with Crippen LogP contribution in [-0.4, -0.2) is 28.0 Å². The molecule has 0 radical (unpaired) electrons. The number of benzene rings is 1. The van der Waals surface area contributed by atoms with Gasteiger partial charge in [-0.25, -0.2) is 4.98 Å². The Labute approximate surface area is 120 Å². The van der Waals surface area contributed by atoms with Crippen molar-refractivity contribution in [3.05, 3.63) is 29.2 Å². The summed E-state index contributed by atoms with van der Waals surface area (Å²) in [5.74, 6) is -0.836. The van der Waals surface area contributed by atoms with E-state index in [2.05, 4.69) is 4.98 Å². The molecule has 0 saturated heterocycles. The Balaban J connectivity index is 2.48. The summed E-state index contributed by atoms with van der Waals surface area (Å²) in [5.41, 5.74) is -3.22. The lowest BCUT2D eigenvalue weighted by Gasteiger charge is -2.31. The van der Waals surface area contributed by atoms with Crippen molar-refractivity contribution >= 4 is 11.1 Å². The molecule has 1 aromatic carbocycles. The second-order valence-electron chi connectivity index (χ2n) is 5.04. The summed E-state index contributed by atoms with van der Waals surface area (Å²) >= 11 is 0. The highest BCUT2D eigenvalue weighted by atomic mass is 19.4. The van der Waals surface area contributed by atoms with Gasteiger partial charge in [-0.3, -0.25) is 0 Å². The van der Waals surface area contributed by atoms with Crippen LogP contribution in [0.2, 0.25) is 0 Å². The van der Waals surface area contributed by atoms with Crippen LogP contribution in [0.25, 0.3) is 11.1 Å². The number of rotatable bonds is 2. The first-order chi connectivity index (χ1) is 9.85. The van der Waals surface area contributed by atoms with Crippen LogP contribution in [0.15, 0.2) is 16.5 Å². The molecule has 9 heteroatoms. The Morgan fingerprint density at radius 3 is 2.00 bits per heavy atom. The first-order valence-corrected chi connectivity index (χ1v) is 6.07. The number of fused-ring (bicyclic) bond motifs is 1. The van der Waals surface area contributed by atoms with Crippen molar-refractivity contribution < 1.29 is 35.9 Å². The molecular formula is C13H11F6NO2. The summed E-state index contributed by atoms with van der Waals surface area (Å²) < 4.78 is 80.7. The van der Waals surface area contributed by atoms with E-state index >= 15 is 0 Å². The highest BCUT2D eigenvalue weighted by Crippen LogP contribution is 2.45. The van der Waals surface area contributed by atoms with E-state index in [-0.39, 0.29) is 11.1 Å². The number of aromatic nitrogens is 1. The fraction of sp³-hybridized carbons (Fsp3) is 0.462. The number of oxazole rings is 1. The van der Waals surface area contributed by atoms with E-state index < -0.39 is 30.3 Å². The maximum atomic E-state index is 12.6. The van der Waals surface area contributed by atoms with E-state index in [4.69, 9.17) is 9.52 Å². The average molecular weight is 327 g/mol. The van der Waals surface area contributed by atoms with Crippen molar-refractivity contribution in [1.29, 1.82) is 0 Å². The summed E-state index contributed by atoms with van der Waals surface area (Å²) in [7, 11) is 0. The second kappa shape index (κ2) is 4.87. The van der Waals surface area contributed by atoms with Gasteiger partial charge in [-0.2, -0.15) is 26.3 Å². The zero-order valence-electron chi connectivity index (χ0n) is 11.4. The minimum absolute atomic E-state index is 0.0600. The van der Waals surface area contributed by atoms with Gasteiger partial charge in [0, 0.05) is 0 Å². The smallest absolute Gasteiger partial charge is 0.426 e. The number of aliphatic hydroxyl groups is 1. The van der Waals surface area contributed by atoms with Crippen LogP contribution in [0.5, 0.6) is 0 Å².